The predicted octanol–water partition coefficient (Wildman–Crippen LogP) is 1.73. The van der Waals surface area contributed by atoms with Crippen LogP contribution in [0.3, 0.4) is 0 Å². The molecule has 1 saturated heterocycles. The van der Waals surface area contributed by atoms with Gasteiger partial charge in [0.15, 0.2) is 0 Å². The summed E-state index contributed by atoms with van der Waals surface area (Å²) in [5.41, 5.74) is 1.06. The molecule has 1 aromatic heterocycles. The van der Waals surface area contributed by atoms with Crippen molar-refractivity contribution in [2.24, 2.45) is 7.05 Å². The van der Waals surface area contributed by atoms with Crippen molar-refractivity contribution in [3.63, 3.8) is 0 Å². The molecule has 1 fully saturated rings. The average Bonchev–Trinajstić information content (AvgIpc) is 2.65. The van der Waals surface area contributed by atoms with Crippen LogP contribution in [0.5, 0.6) is 0 Å². The zero-order valence-electron chi connectivity index (χ0n) is 10.5. The molecular weight excluding hydrogens is 238 g/mol. The van der Waals surface area contributed by atoms with Crippen LogP contribution in [0.2, 0.25) is 5.15 Å². The summed E-state index contributed by atoms with van der Waals surface area (Å²) >= 11 is 6.37. The van der Waals surface area contributed by atoms with Gasteiger partial charge >= 0.3 is 0 Å². The lowest BCUT2D eigenvalue weighted by atomic mass is 9.97. The Bertz CT molecular complexity index is 372. The number of aromatic nitrogens is 2. The molecule has 1 aliphatic rings. The second-order valence-corrected chi connectivity index (χ2v) is 4.86. The second kappa shape index (κ2) is 5.85. The first-order chi connectivity index (χ1) is 8.24. The smallest absolute Gasteiger partial charge is 0.132 e. The molecule has 0 amide bonds. The predicted molar refractivity (Wildman–Crippen MR) is 68.6 cm³/mol. The molecule has 2 rings (SSSR count). The van der Waals surface area contributed by atoms with Gasteiger partial charge < -0.3 is 14.6 Å². The van der Waals surface area contributed by atoms with Crippen LogP contribution in [0.4, 0.5) is 0 Å². The maximum absolute atomic E-state index is 6.37. The zero-order valence-corrected chi connectivity index (χ0v) is 11.3. The first-order valence-electron chi connectivity index (χ1n) is 6.17. The topological polar surface area (TPSA) is 39.1 Å². The van der Waals surface area contributed by atoms with Gasteiger partial charge in [0.1, 0.15) is 11.0 Å². The Hall–Kier alpha value is -0.580. The quantitative estimate of drug-likeness (QED) is 0.893. The molecule has 1 aliphatic heterocycles. The molecule has 0 unspecified atom stereocenters. The molecule has 0 radical (unpaired) electrons. The zero-order chi connectivity index (χ0) is 12.3. The third kappa shape index (κ3) is 2.81. The van der Waals surface area contributed by atoms with E-state index in [1.165, 1.54) is 0 Å². The van der Waals surface area contributed by atoms with Crippen molar-refractivity contribution < 1.29 is 4.74 Å². The monoisotopic (exact) mass is 257 g/mol. The van der Waals surface area contributed by atoms with Crippen LogP contribution in [-0.4, -0.2) is 36.4 Å². The van der Waals surface area contributed by atoms with E-state index in [1.807, 2.05) is 18.7 Å². The van der Waals surface area contributed by atoms with Crippen molar-refractivity contribution in [3.8, 4) is 0 Å². The Labute approximate surface area is 107 Å². The highest BCUT2D eigenvalue weighted by Gasteiger charge is 2.23. The number of rotatable bonds is 4. The highest BCUT2D eigenvalue weighted by Crippen LogP contribution is 2.31. The maximum Gasteiger partial charge on any atom is 0.132 e. The summed E-state index contributed by atoms with van der Waals surface area (Å²) in [6, 6.07) is 0. The van der Waals surface area contributed by atoms with Crippen LogP contribution in [0.1, 0.15) is 30.3 Å². The minimum Gasteiger partial charge on any atom is -0.381 e. The van der Waals surface area contributed by atoms with Gasteiger partial charge in [-0.25, -0.2) is 4.98 Å². The number of imidazole rings is 1. The SMILES string of the molecule is CNCCc1nc(C2CCOCC2)c(Cl)n1C. The van der Waals surface area contributed by atoms with Gasteiger partial charge in [0.05, 0.1) is 5.69 Å². The summed E-state index contributed by atoms with van der Waals surface area (Å²) in [5.74, 6) is 1.52. The molecule has 0 saturated carbocycles. The Morgan fingerprint density at radius 2 is 2.18 bits per heavy atom. The molecule has 17 heavy (non-hydrogen) atoms. The molecule has 0 aliphatic carbocycles. The molecule has 0 atom stereocenters. The maximum atomic E-state index is 6.37. The van der Waals surface area contributed by atoms with Crippen LogP contribution in [-0.2, 0) is 18.2 Å². The van der Waals surface area contributed by atoms with Crippen molar-refractivity contribution in [3.05, 3.63) is 16.7 Å². The fourth-order valence-corrected chi connectivity index (χ4v) is 2.53. The lowest BCUT2D eigenvalue weighted by Crippen LogP contribution is -2.15. The average molecular weight is 258 g/mol. The van der Waals surface area contributed by atoms with Crippen molar-refractivity contribution in [1.82, 2.24) is 14.9 Å². The van der Waals surface area contributed by atoms with Gasteiger partial charge in [0.2, 0.25) is 0 Å². The first-order valence-corrected chi connectivity index (χ1v) is 6.55. The largest absolute Gasteiger partial charge is 0.381 e. The molecule has 2 heterocycles. The van der Waals surface area contributed by atoms with E-state index < -0.39 is 0 Å². The van der Waals surface area contributed by atoms with E-state index >= 15 is 0 Å². The highest BCUT2D eigenvalue weighted by atomic mass is 35.5. The number of hydrogen-bond acceptors (Lipinski definition) is 3. The second-order valence-electron chi connectivity index (χ2n) is 4.50. The Kier molecular flexibility index (Phi) is 4.42. The third-order valence-corrected chi connectivity index (χ3v) is 3.80. The fourth-order valence-electron chi connectivity index (χ4n) is 2.24. The Morgan fingerprint density at radius 1 is 1.47 bits per heavy atom. The number of nitrogens with zero attached hydrogens (tertiary/aromatic N) is 2. The van der Waals surface area contributed by atoms with E-state index in [-0.39, 0.29) is 0 Å². The summed E-state index contributed by atoms with van der Waals surface area (Å²) in [7, 11) is 3.94. The number of ether oxygens (including phenoxy) is 1. The summed E-state index contributed by atoms with van der Waals surface area (Å²) in [4.78, 5) is 4.71. The molecule has 0 bridgehead atoms. The molecular formula is C12H20ClN3O. The summed E-state index contributed by atoms with van der Waals surface area (Å²) in [6.45, 7) is 2.57. The number of halogens is 1. The van der Waals surface area contributed by atoms with Crippen LogP contribution >= 0.6 is 11.6 Å². The van der Waals surface area contributed by atoms with E-state index in [1.54, 1.807) is 0 Å². The van der Waals surface area contributed by atoms with Crippen molar-refractivity contribution in [2.45, 2.75) is 25.2 Å². The van der Waals surface area contributed by atoms with Gasteiger partial charge in [0.25, 0.3) is 0 Å². The van der Waals surface area contributed by atoms with Crippen molar-refractivity contribution in [2.75, 3.05) is 26.8 Å². The van der Waals surface area contributed by atoms with E-state index in [0.717, 1.165) is 55.7 Å². The van der Waals surface area contributed by atoms with Gasteiger partial charge in [-0.3, -0.25) is 0 Å². The van der Waals surface area contributed by atoms with Crippen molar-refractivity contribution in [1.29, 1.82) is 0 Å². The lowest BCUT2D eigenvalue weighted by Gasteiger charge is -2.20. The van der Waals surface area contributed by atoms with E-state index in [4.69, 9.17) is 21.3 Å². The molecule has 4 nitrogen and oxygen atoms in total. The number of hydrogen-bond donors (Lipinski definition) is 1. The van der Waals surface area contributed by atoms with Gasteiger partial charge in [-0.2, -0.15) is 0 Å². The van der Waals surface area contributed by atoms with Gasteiger partial charge in [0, 0.05) is 39.1 Å². The fraction of sp³-hybridized carbons (Fsp3) is 0.750. The van der Waals surface area contributed by atoms with Gasteiger partial charge in [-0.15, -0.1) is 0 Å². The first kappa shape index (κ1) is 12.9. The highest BCUT2D eigenvalue weighted by molar-refractivity contribution is 6.30. The van der Waals surface area contributed by atoms with Crippen LogP contribution in [0, 0.1) is 0 Å². The minimum absolute atomic E-state index is 0.464. The Balaban J connectivity index is 2.16. The summed E-state index contributed by atoms with van der Waals surface area (Å²) < 4.78 is 7.38. The molecule has 1 aromatic rings. The molecule has 5 heteroatoms. The summed E-state index contributed by atoms with van der Waals surface area (Å²) in [5, 5.41) is 3.93. The van der Waals surface area contributed by atoms with Gasteiger partial charge in [-0.1, -0.05) is 11.6 Å². The third-order valence-electron chi connectivity index (χ3n) is 3.35. The van der Waals surface area contributed by atoms with Gasteiger partial charge in [-0.05, 0) is 19.9 Å². The van der Waals surface area contributed by atoms with Crippen molar-refractivity contribution >= 4 is 11.6 Å². The summed E-state index contributed by atoms with van der Waals surface area (Å²) in [6.07, 6.45) is 2.97. The normalized spacial score (nSPS) is 17.6. The molecule has 1 N–H and O–H groups in total. The molecule has 0 aromatic carbocycles. The number of nitrogens with one attached hydrogen (secondary N) is 1. The van der Waals surface area contributed by atoms with E-state index in [9.17, 15) is 0 Å². The molecule has 0 spiro atoms. The van der Waals surface area contributed by atoms with Crippen LogP contribution in [0.25, 0.3) is 0 Å². The minimum atomic E-state index is 0.464. The standard InChI is InChI=1S/C12H20ClN3O/c1-14-6-3-10-15-11(12(13)16(10)2)9-4-7-17-8-5-9/h9,14H,3-8H2,1-2H3. The van der Waals surface area contributed by atoms with Crippen LogP contribution < -0.4 is 5.32 Å². The number of likely N-dealkylation sites (N-methyl/N-ethyl adjacent to an activating group) is 1. The Morgan fingerprint density at radius 3 is 2.82 bits per heavy atom. The molecule has 96 valence electrons. The lowest BCUT2D eigenvalue weighted by molar-refractivity contribution is 0.0846. The van der Waals surface area contributed by atoms with E-state index in [0.29, 0.717) is 5.92 Å². The van der Waals surface area contributed by atoms with Crippen LogP contribution in [0.15, 0.2) is 0 Å². The van der Waals surface area contributed by atoms with E-state index in [2.05, 4.69) is 5.32 Å².